The predicted octanol–water partition coefficient (Wildman–Crippen LogP) is 3.63. The standard InChI is InChI=1S/C26H20N4O2/c31-26(30-24-13-12-20-7-4-14-28-25(20)29-24)21-11-10-19(9-8-18-5-2-1-3-6-18)23(15-21)32-22-16-27-17-22/h1-7,10-15,22,27H,16-17H2,(H,28,29,30,31). The maximum atomic E-state index is 12.9. The summed E-state index contributed by atoms with van der Waals surface area (Å²) in [7, 11) is 0. The van der Waals surface area contributed by atoms with Gasteiger partial charge in [-0.1, -0.05) is 30.0 Å². The number of anilines is 1. The Labute approximate surface area is 185 Å². The zero-order valence-corrected chi connectivity index (χ0v) is 17.2. The van der Waals surface area contributed by atoms with Crippen LogP contribution in [0.15, 0.2) is 79.0 Å². The number of ether oxygens (including phenoxy) is 1. The number of benzene rings is 2. The van der Waals surface area contributed by atoms with E-state index in [1.807, 2.05) is 54.6 Å². The van der Waals surface area contributed by atoms with Gasteiger partial charge < -0.3 is 15.4 Å². The molecule has 0 spiro atoms. The molecule has 2 aromatic heterocycles. The van der Waals surface area contributed by atoms with Crippen LogP contribution in [0.3, 0.4) is 0 Å². The quantitative estimate of drug-likeness (QED) is 0.493. The van der Waals surface area contributed by atoms with Crippen LogP contribution >= 0.6 is 0 Å². The summed E-state index contributed by atoms with van der Waals surface area (Å²) in [5, 5.41) is 6.94. The molecule has 32 heavy (non-hydrogen) atoms. The number of nitrogens with one attached hydrogen (secondary N) is 2. The van der Waals surface area contributed by atoms with E-state index in [4.69, 9.17) is 4.74 Å². The molecule has 0 unspecified atom stereocenters. The van der Waals surface area contributed by atoms with Gasteiger partial charge in [-0.25, -0.2) is 9.97 Å². The Morgan fingerprint density at radius 3 is 2.69 bits per heavy atom. The van der Waals surface area contributed by atoms with Crippen molar-refractivity contribution in [3.63, 3.8) is 0 Å². The van der Waals surface area contributed by atoms with E-state index in [0.29, 0.717) is 22.8 Å². The number of hydrogen-bond acceptors (Lipinski definition) is 5. The zero-order chi connectivity index (χ0) is 21.8. The smallest absolute Gasteiger partial charge is 0.256 e. The minimum Gasteiger partial charge on any atom is -0.486 e. The summed E-state index contributed by atoms with van der Waals surface area (Å²) < 4.78 is 6.10. The summed E-state index contributed by atoms with van der Waals surface area (Å²) in [5.41, 5.74) is 2.71. The summed E-state index contributed by atoms with van der Waals surface area (Å²) in [6, 6.07) is 22.5. The van der Waals surface area contributed by atoms with E-state index in [9.17, 15) is 4.79 Å². The highest BCUT2D eigenvalue weighted by Gasteiger charge is 2.20. The molecule has 4 aromatic rings. The second kappa shape index (κ2) is 8.88. The van der Waals surface area contributed by atoms with E-state index >= 15 is 0 Å². The fourth-order valence-electron chi connectivity index (χ4n) is 3.26. The first-order chi connectivity index (χ1) is 15.7. The Balaban J connectivity index is 1.40. The number of nitrogens with zero attached hydrogens (tertiary/aromatic N) is 2. The molecule has 1 amide bonds. The van der Waals surface area contributed by atoms with Crippen molar-refractivity contribution in [2.24, 2.45) is 0 Å². The largest absolute Gasteiger partial charge is 0.486 e. The minimum atomic E-state index is -0.271. The lowest BCUT2D eigenvalue weighted by molar-refractivity contribution is 0.102. The third kappa shape index (κ3) is 4.43. The Morgan fingerprint density at radius 1 is 1.00 bits per heavy atom. The lowest BCUT2D eigenvalue weighted by Crippen LogP contribution is -2.50. The first kappa shape index (κ1) is 19.7. The first-order valence-corrected chi connectivity index (χ1v) is 10.4. The molecule has 1 saturated heterocycles. The van der Waals surface area contributed by atoms with Gasteiger partial charge in [0.15, 0.2) is 5.65 Å². The second-order valence-corrected chi connectivity index (χ2v) is 7.43. The van der Waals surface area contributed by atoms with Crippen molar-refractivity contribution in [1.29, 1.82) is 0 Å². The molecular weight excluding hydrogens is 400 g/mol. The highest BCUT2D eigenvalue weighted by Crippen LogP contribution is 2.23. The van der Waals surface area contributed by atoms with Crippen molar-refractivity contribution in [3.8, 4) is 17.6 Å². The number of amides is 1. The van der Waals surface area contributed by atoms with Gasteiger partial charge in [-0.15, -0.1) is 0 Å². The fourth-order valence-corrected chi connectivity index (χ4v) is 3.26. The average molecular weight is 420 g/mol. The van der Waals surface area contributed by atoms with Crippen LogP contribution in [0.4, 0.5) is 5.82 Å². The van der Waals surface area contributed by atoms with Gasteiger partial charge >= 0.3 is 0 Å². The highest BCUT2D eigenvalue weighted by atomic mass is 16.5. The van der Waals surface area contributed by atoms with E-state index in [1.165, 1.54) is 0 Å². The molecule has 1 fully saturated rings. The van der Waals surface area contributed by atoms with Crippen LogP contribution in [-0.2, 0) is 0 Å². The van der Waals surface area contributed by atoms with E-state index in [0.717, 1.165) is 29.6 Å². The predicted molar refractivity (Wildman–Crippen MR) is 124 cm³/mol. The molecule has 0 atom stereocenters. The Hall–Kier alpha value is -4.21. The molecule has 0 aliphatic carbocycles. The molecular formula is C26H20N4O2. The summed E-state index contributed by atoms with van der Waals surface area (Å²) in [6.07, 6.45) is 1.74. The third-order valence-electron chi connectivity index (χ3n) is 5.10. The molecule has 1 aliphatic rings. The van der Waals surface area contributed by atoms with Crippen molar-refractivity contribution >= 4 is 22.8 Å². The van der Waals surface area contributed by atoms with Crippen LogP contribution in [-0.4, -0.2) is 35.1 Å². The summed E-state index contributed by atoms with van der Waals surface area (Å²) in [5.74, 6) is 7.10. The normalized spacial score (nSPS) is 13.0. The molecule has 1 aliphatic heterocycles. The third-order valence-corrected chi connectivity index (χ3v) is 5.10. The molecule has 5 rings (SSSR count). The van der Waals surface area contributed by atoms with Gasteiger partial charge in [0.2, 0.25) is 0 Å². The van der Waals surface area contributed by atoms with Crippen molar-refractivity contribution in [1.82, 2.24) is 15.3 Å². The van der Waals surface area contributed by atoms with E-state index in [2.05, 4.69) is 32.4 Å². The van der Waals surface area contributed by atoms with Gasteiger partial charge in [0, 0.05) is 35.8 Å². The molecule has 156 valence electrons. The van der Waals surface area contributed by atoms with Gasteiger partial charge in [-0.05, 0) is 54.6 Å². The van der Waals surface area contributed by atoms with E-state index in [1.54, 1.807) is 24.4 Å². The van der Waals surface area contributed by atoms with E-state index in [-0.39, 0.29) is 12.0 Å². The zero-order valence-electron chi connectivity index (χ0n) is 17.2. The van der Waals surface area contributed by atoms with Crippen molar-refractivity contribution in [2.75, 3.05) is 18.4 Å². The number of rotatable bonds is 4. The monoisotopic (exact) mass is 420 g/mol. The van der Waals surface area contributed by atoms with Gasteiger partial charge in [0.05, 0.1) is 5.56 Å². The lowest BCUT2D eigenvalue weighted by Gasteiger charge is -2.28. The molecule has 0 saturated carbocycles. The van der Waals surface area contributed by atoms with Crippen LogP contribution < -0.4 is 15.4 Å². The Kier molecular flexibility index (Phi) is 5.48. The maximum Gasteiger partial charge on any atom is 0.256 e. The SMILES string of the molecule is O=C(Nc1ccc2cccnc2n1)c1ccc(C#Cc2ccccc2)c(OC2CNC2)c1. The van der Waals surface area contributed by atoms with E-state index < -0.39 is 0 Å². The van der Waals surface area contributed by atoms with Gasteiger partial charge in [0.1, 0.15) is 17.7 Å². The number of pyridine rings is 2. The summed E-state index contributed by atoms with van der Waals surface area (Å²) in [6.45, 7) is 1.55. The molecule has 6 heteroatoms. The topological polar surface area (TPSA) is 76.1 Å². The van der Waals surface area contributed by atoms with Crippen LogP contribution in [0, 0.1) is 11.8 Å². The van der Waals surface area contributed by atoms with Crippen molar-refractivity contribution in [3.05, 3.63) is 95.7 Å². The number of carbonyl (C=O) groups is 1. The molecule has 2 aromatic carbocycles. The molecule has 3 heterocycles. The molecule has 0 bridgehead atoms. The summed E-state index contributed by atoms with van der Waals surface area (Å²) in [4.78, 5) is 21.5. The van der Waals surface area contributed by atoms with Gasteiger partial charge in [0.25, 0.3) is 5.91 Å². The number of aromatic nitrogens is 2. The lowest BCUT2D eigenvalue weighted by atomic mass is 10.1. The van der Waals surface area contributed by atoms with Gasteiger partial charge in [-0.2, -0.15) is 0 Å². The number of hydrogen-bond donors (Lipinski definition) is 2. The average Bonchev–Trinajstić information content (AvgIpc) is 2.81. The van der Waals surface area contributed by atoms with Crippen LogP contribution in [0.2, 0.25) is 0 Å². The number of carbonyl (C=O) groups excluding carboxylic acids is 1. The van der Waals surface area contributed by atoms with Crippen LogP contribution in [0.25, 0.3) is 11.0 Å². The summed E-state index contributed by atoms with van der Waals surface area (Å²) >= 11 is 0. The Bertz CT molecular complexity index is 1340. The fraction of sp³-hybridized carbons (Fsp3) is 0.115. The molecule has 6 nitrogen and oxygen atoms in total. The maximum absolute atomic E-state index is 12.9. The molecule has 0 radical (unpaired) electrons. The molecule has 2 N–H and O–H groups in total. The first-order valence-electron chi connectivity index (χ1n) is 10.4. The Morgan fingerprint density at radius 2 is 1.88 bits per heavy atom. The second-order valence-electron chi connectivity index (χ2n) is 7.43. The van der Waals surface area contributed by atoms with Crippen molar-refractivity contribution in [2.45, 2.75) is 6.10 Å². The van der Waals surface area contributed by atoms with Crippen LogP contribution in [0.1, 0.15) is 21.5 Å². The van der Waals surface area contributed by atoms with Crippen molar-refractivity contribution < 1.29 is 9.53 Å². The van der Waals surface area contributed by atoms with Crippen LogP contribution in [0.5, 0.6) is 5.75 Å². The highest BCUT2D eigenvalue weighted by molar-refractivity contribution is 6.04. The minimum absolute atomic E-state index is 0.0683. The number of fused-ring (bicyclic) bond motifs is 1. The van der Waals surface area contributed by atoms with Gasteiger partial charge in [-0.3, -0.25) is 4.79 Å².